The number of nitriles is 1. The molecule has 1 aromatic carbocycles. The monoisotopic (exact) mass is 337 g/mol. The van der Waals surface area contributed by atoms with Gasteiger partial charge in [0.2, 0.25) is 0 Å². The highest BCUT2D eigenvalue weighted by molar-refractivity contribution is 6.44. The Balaban J connectivity index is 2.06. The number of carbonyl (C=O) groups is 3. The highest BCUT2D eigenvalue weighted by Gasteiger charge is 2.44. The van der Waals surface area contributed by atoms with Crippen molar-refractivity contribution in [2.45, 2.75) is 20.4 Å². The van der Waals surface area contributed by atoms with Crippen molar-refractivity contribution in [3.8, 4) is 11.8 Å². The van der Waals surface area contributed by atoms with Crippen LogP contribution in [0.4, 0.5) is 4.79 Å². The van der Waals surface area contributed by atoms with Crippen molar-refractivity contribution in [1.29, 1.82) is 5.26 Å². The van der Waals surface area contributed by atoms with E-state index in [1.165, 1.54) is 4.68 Å². The Morgan fingerprint density at radius 3 is 2.28 bits per heavy atom. The number of benzene rings is 1. The van der Waals surface area contributed by atoms with Crippen LogP contribution < -0.4 is 0 Å². The van der Waals surface area contributed by atoms with Crippen molar-refractivity contribution in [3.05, 3.63) is 47.3 Å². The standard InChI is InChI=1S/C17H15N5O3/c1-3-20-15(23)16(24)21(17(20)25)10-14-13(9-18)11(2)19-22(14)12-7-5-4-6-8-12/h4-8H,3,10H2,1-2H3. The zero-order valence-electron chi connectivity index (χ0n) is 13.8. The van der Waals surface area contributed by atoms with E-state index in [-0.39, 0.29) is 18.7 Å². The van der Waals surface area contributed by atoms with E-state index in [0.717, 1.165) is 9.80 Å². The highest BCUT2D eigenvalue weighted by Crippen LogP contribution is 2.22. The molecule has 25 heavy (non-hydrogen) atoms. The average Bonchev–Trinajstić information content (AvgIpc) is 3.04. The molecule has 1 aliphatic heterocycles. The molecule has 1 aromatic heterocycles. The van der Waals surface area contributed by atoms with E-state index in [1.807, 2.05) is 18.2 Å². The number of carbonyl (C=O) groups excluding carboxylic acids is 3. The maximum atomic E-state index is 12.3. The van der Waals surface area contributed by atoms with Crippen molar-refractivity contribution in [3.63, 3.8) is 0 Å². The molecule has 8 heteroatoms. The first-order valence-corrected chi connectivity index (χ1v) is 7.71. The van der Waals surface area contributed by atoms with Gasteiger partial charge in [0.05, 0.1) is 29.2 Å². The molecule has 0 spiro atoms. The molecule has 8 nitrogen and oxygen atoms in total. The lowest BCUT2D eigenvalue weighted by Crippen LogP contribution is -2.33. The molecular weight excluding hydrogens is 322 g/mol. The van der Waals surface area contributed by atoms with Gasteiger partial charge in [-0.2, -0.15) is 10.4 Å². The Kier molecular flexibility index (Phi) is 4.07. The molecule has 126 valence electrons. The van der Waals surface area contributed by atoms with Gasteiger partial charge in [0.25, 0.3) is 0 Å². The lowest BCUT2D eigenvalue weighted by atomic mass is 10.2. The van der Waals surface area contributed by atoms with E-state index < -0.39 is 17.8 Å². The van der Waals surface area contributed by atoms with Gasteiger partial charge in [-0.15, -0.1) is 0 Å². The number of hydrogen-bond acceptors (Lipinski definition) is 5. The minimum Gasteiger partial charge on any atom is -0.263 e. The summed E-state index contributed by atoms with van der Waals surface area (Å²) in [5, 5.41) is 13.8. The van der Waals surface area contributed by atoms with Gasteiger partial charge in [-0.1, -0.05) is 18.2 Å². The molecule has 0 radical (unpaired) electrons. The Labute approximate surface area is 143 Å². The number of imide groups is 2. The van der Waals surface area contributed by atoms with E-state index >= 15 is 0 Å². The van der Waals surface area contributed by atoms with Crippen LogP contribution in [0.1, 0.15) is 23.9 Å². The van der Waals surface area contributed by atoms with Gasteiger partial charge in [-0.05, 0) is 26.0 Å². The van der Waals surface area contributed by atoms with Gasteiger partial charge >= 0.3 is 17.8 Å². The van der Waals surface area contributed by atoms with E-state index in [9.17, 15) is 19.6 Å². The van der Waals surface area contributed by atoms with Gasteiger partial charge in [0.1, 0.15) is 6.07 Å². The van der Waals surface area contributed by atoms with Crippen molar-refractivity contribution in [1.82, 2.24) is 19.6 Å². The maximum Gasteiger partial charge on any atom is 0.334 e. The fourth-order valence-electron chi connectivity index (χ4n) is 2.77. The summed E-state index contributed by atoms with van der Waals surface area (Å²) < 4.78 is 1.52. The van der Waals surface area contributed by atoms with Gasteiger partial charge in [-0.3, -0.25) is 14.5 Å². The number of para-hydroxylation sites is 1. The SMILES string of the molecule is CCN1C(=O)C(=O)N(Cc2c(C#N)c(C)nn2-c2ccccc2)C1=O. The number of aryl methyl sites for hydroxylation is 1. The molecule has 0 saturated carbocycles. The predicted molar refractivity (Wildman–Crippen MR) is 86.3 cm³/mol. The predicted octanol–water partition coefficient (Wildman–Crippen LogP) is 1.36. The molecule has 4 amide bonds. The number of rotatable bonds is 4. The normalized spacial score (nSPS) is 14.4. The topological polar surface area (TPSA) is 99.3 Å². The van der Waals surface area contributed by atoms with Gasteiger partial charge in [0.15, 0.2) is 0 Å². The molecule has 2 aromatic rings. The minimum absolute atomic E-state index is 0.113. The fraction of sp³-hybridized carbons (Fsp3) is 0.235. The van der Waals surface area contributed by atoms with Crippen LogP contribution >= 0.6 is 0 Å². The molecule has 3 rings (SSSR count). The first-order chi connectivity index (χ1) is 12.0. The summed E-state index contributed by atoms with van der Waals surface area (Å²) in [5.41, 5.74) is 1.85. The zero-order chi connectivity index (χ0) is 18.1. The lowest BCUT2D eigenvalue weighted by Gasteiger charge is -2.15. The summed E-state index contributed by atoms with van der Waals surface area (Å²) in [7, 11) is 0. The summed E-state index contributed by atoms with van der Waals surface area (Å²) in [5.74, 6) is -1.75. The molecule has 2 heterocycles. The van der Waals surface area contributed by atoms with Gasteiger partial charge in [0, 0.05) is 6.54 Å². The Bertz CT molecular complexity index is 910. The third kappa shape index (κ3) is 2.55. The van der Waals surface area contributed by atoms with Crippen LogP contribution in [0, 0.1) is 18.3 Å². The first-order valence-electron chi connectivity index (χ1n) is 7.71. The number of likely N-dealkylation sites (N-methyl/N-ethyl adjacent to an activating group) is 1. The van der Waals surface area contributed by atoms with Crippen molar-refractivity contribution in [2.24, 2.45) is 0 Å². The smallest absolute Gasteiger partial charge is 0.263 e. The first kappa shape index (κ1) is 16.4. The highest BCUT2D eigenvalue weighted by atomic mass is 16.2. The van der Waals surface area contributed by atoms with E-state index in [2.05, 4.69) is 11.2 Å². The molecule has 1 fully saturated rings. The molecule has 1 aliphatic rings. The number of aromatic nitrogens is 2. The Morgan fingerprint density at radius 2 is 1.72 bits per heavy atom. The van der Waals surface area contributed by atoms with Crippen LogP contribution in [0.5, 0.6) is 0 Å². The molecule has 0 bridgehead atoms. The van der Waals surface area contributed by atoms with Crippen LogP contribution in [0.2, 0.25) is 0 Å². The molecule has 0 aliphatic carbocycles. The molecule has 0 atom stereocenters. The molecule has 0 unspecified atom stereocenters. The third-order valence-electron chi connectivity index (χ3n) is 4.03. The second kappa shape index (κ2) is 6.20. The van der Waals surface area contributed by atoms with Crippen molar-refractivity contribution in [2.75, 3.05) is 6.54 Å². The lowest BCUT2D eigenvalue weighted by molar-refractivity contribution is -0.143. The average molecular weight is 337 g/mol. The number of nitrogens with zero attached hydrogens (tertiary/aromatic N) is 5. The third-order valence-corrected chi connectivity index (χ3v) is 4.03. The Hall–Kier alpha value is -3.47. The number of amides is 4. The summed E-state index contributed by atoms with van der Waals surface area (Å²) in [6.07, 6.45) is 0. The van der Waals surface area contributed by atoms with E-state index in [4.69, 9.17) is 0 Å². The van der Waals surface area contributed by atoms with E-state index in [1.54, 1.807) is 26.0 Å². The largest absolute Gasteiger partial charge is 0.334 e. The summed E-state index contributed by atoms with van der Waals surface area (Å²) >= 11 is 0. The second-order valence-corrected chi connectivity index (χ2v) is 5.49. The van der Waals surface area contributed by atoms with Crippen LogP contribution in [0.15, 0.2) is 30.3 Å². The van der Waals surface area contributed by atoms with Crippen molar-refractivity contribution < 1.29 is 14.4 Å². The summed E-state index contributed by atoms with van der Waals surface area (Å²) in [4.78, 5) is 38.1. The second-order valence-electron chi connectivity index (χ2n) is 5.49. The van der Waals surface area contributed by atoms with Crippen LogP contribution in [-0.2, 0) is 16.1 Å². The van der Waals surface area contributed by atoms with Crippen LogP contribution in [0.3, 0.4) is 0 Å². The van der Waals surface area contributed by atoms with Crippen molar-refractivity contribution >= 4 is 17.8 Å². The van der Waals surface area contributed by atoms with Gasteiger partial charge in [-0.25, -0.2) is 14.4 Å². The Morgan fingerprint density at radius 1 is 1.08 bits per heavy atom. The quantitative estimate of drug-likeness (QED) is 0.619. The number of hydrogen-bond donors (Lipinski definition) is 0. The number of urea groups is 1. The van der Waals surface area contributed by atoms with E-state index in [0.29, 0.717) is 17.1 Å². The van der Waals surface area contributed by atoms with Crippen LogP contribution in [-0.4, -0.2) is 44.0 Å². The summed E-state index contributed by atoms with van der Waals surface area (Å²) in [6.45, 7) is 3.21. The zero-order valence-corrected chi connectivity index (χ0v) is 13.8. The molecule has 1 saturated heterocycles. The summed E-state index contributed by atoms with van der Waals surface area (Å²) in [6, 6.07) is 10.5. The van der Waals surface area contributed by atoms with Crippen LogP contribution in [0.25, 0.3) is 5.69 Å². The fourth-order valence-corrected chi connectivity index (χ4v) is 2.77. The molecule has 0 N–H and O–H groups in total. The molecular formula is C17H15N5O3. The van der Waals surface area contributed by atoms with Gasteiger partial charge < -0.3 is 0 Å². The maximum absolute atomic E-state index is 12.3. The minimum atomic E-state index is -0.894.